The van der Waals surface area contributed by atoms with Crippen molar-refractivity contribution in [2.45, 2.75) is 5.92 Å². The second kappa shape index (κ2) is 12.3. The number of rotatable bonds is 1. The second-order valence-electron chi connectivity index (χ2n) is 8.03. The zero-order valence-electron chi connectivity index (χ0n) is 18.5. The molecule has 1 atom stereocenters. The maximum absolute atomic E-state index is 3.45. The fourth-order valence-electron chi connectivity index (χ4n) is 4.45. The predicted octanol–water partition coefficient (Wildman–Crippen LogP) is 3.19. The monoisotopic (exact) mass is 698 g/mol. The van der Waals surface area contributed by atoms with Crippen LogP contribution in [0.5, 0.6) is 0 Å². The van der Waals surface area contributed by atoms with Crippen molar-refractivity contribution in [3.63, 3.8) is 0 Å². The normalized spacial score (nSPS) is 13.3. The van der Waals surface area contributed by atoms with Gasteiger partial charge in [-0.05, 0) is 30.9 Å². The Balaban J connectivity index is 0.000000180. The van der Waals surface area contributed by atoms with Gasteiger partial charge in [0.2, 0.25) is 0 Å². The smallest absolute Gasteiger partial charge is 1.00 e. The minimum Gasteiger partial charge on any atom is -1.00 e. The van der Waals surface area contributed by atoms with Gasteiger partial charge in [0.05, 0.1) is 0 Å². The molecule has 7 aromatic rings. The van der Waals surface area contributed by atoms with Crippen molar-refractivity contribution in [1.82, 2.24) is 0 Å². The van der Waals surface area contributed by atoms with Gasteiger partial charge in [0.25, 0.3) is 0 Å². The van der Waals surface area contributed by atoms with Crippen molar-refractivity contribution >= 4 is 70.9 Å². The third-order valence-corrected chi connectivity index (χ3v) is 8.06. The van der Waals surface area contributed by atoms with Crippen LogP contribution >= 0.6 is 33.9 Å². The average Bonchev–Trinajstić information content (AvgIpc) is 3.48. The van der Waals surface area contributed by atoms with Crippen LogP contribution in [-0.4, -0.2) is 0 Å². The number of fused-ring (bicyclic) bond motifs is 3. The van der Waals surface area contributed by atoms with Gasteiger partial charge in [0, 0.05) is 4.70 Å². The molecule has 5 aromatic carbocycles. The predicted molar refractivity (Wildman–Crippen MR) is 148 cm³/mol. The zero-order valence-corrected chi connectivity index (χ0v) is 25.5. The van der Waals surface area contributed by atoms with Gasteiger partial charge >= 0.3 is 26.2 Å². The van der Waals surface area contributed by atoms with Crippen molar-refractivity contribution in [3.05, 3.63) is 129 Å². The molecule has 8 rings (SSSR count). The number of hydrogen-bond donors (Lipinski definition) is 0. The Bertz CT molecular complexity index is 1580. The second-order valence-corrected chi connectivity index (χ2v) is 10.3. The minimum atomic E-state index is 0. The largest absolute Gasteiger partial charge is 4.00 e. The zero-order chi connectivity index (χ0) is 21.5. The van der Waals surface area contributed by atoms with E-state index >= 15 is 0 Å². The van der Waals surface area contributed by atoms with Crippen LogP contribution in [0.4, 0.5) is 0 Å². The van der Waals surface area contributed by atoms with E-state index in [1.165, 1.54) is 51.2 Å². The summed E-state index contributed by atoms with van der Waals surface area (Å²) < 4.78 is 4.00. The van der Waals surface area contributed by atoms with Crippen molar-refractivity contribution in [2.75, 3.05) is 0 Å². The van der Waals surface area contributed by atoms with E-state index in [0.717, 1.165) is 0 Å². The van der Waals surface area contributed by atoms with Gasteiger partial charge in [0.15, 0.2) is 0 Å². The summed E-state index contributed by atoms with van der Waals surface area (Å²) in [5, 5.41) is 5.37. The van der Waals surface area contributed by atoms with Gasteiger partial charge in [-0.3, -0.25) is 6.08 Å². The SMILES string of the molecule is Ic1cccc2c1C(c1ccccc1)[C-]=C2.[Cl-].[Cl-].[Zr+4].c1cc2[cH-]c3cc2c(c1)sc1ccc3cc1. The Kier molecular flexibility index (Phi) is 9.88. The maximum atomic E-state index is 3.45. The van der Waals surface area contributed by atoms with E-state index in [-0.39, 0.29) is 51.0 Å². The molecule has 1 unspecified atom stereocenters. The van der Waals surface area contributed by atoms with E-state index < -0.39 is 0 Å². The fraction of sp³-hybridized carbons (Fsp3) is 0.0333. The van der Waals surface area contributed by atoms with Crippen molar-refractivity contribution < 1.29 is 51.0 Å². The number of hydrogen-bond acceptors (Lipinski definition) is 1. The summed E-state index contributed by atoms with van der Waals surface area (Å²) >= 11 is 4.26. The van der Waals surface area contributed by atoms with Crippen molar-refractivity contribution in [1.29, 1.82) is 0 Å². The Morgan fingerprint density at radius 3 is 2.29 bits per heavy atom. The summed E-state index contributed by atoms with van der Waals surface area (Å²) in [7, 11) is 0. The Morgan fingerprint density at radius 2 is 1.51 bits per heavy atom. The van der Waals surface area contributed by atoms with E-state index in [1.54, 1.807) is 0 Å². The summed E-state index contributed by atoms with van der Waals surface area (Å²) in [6.45, 7) is 0. The van der Waals surface area contributed by atoms with Crippen LogP contribution in [0.1, 0.15) is 22.6 Å². The molecule has 2 heterocycles. The molecule has 5 heteroatoms. The van der Waals surface area contributed by atoms with Gasteiger partial charge in [-0.25, -0.2) is 6.08 Å². The van der Waals surface area contributed by atoms with Crippen LogP contribution in [-0.2, 0) is 26.2 Å². The number of benzene rings is 4. The van der Waals surface area contributed by atoms with Crippen LogP contribution in [0.3, 0.4) is 0 Å². The maximum Gasteiger partial charge on any atom is 4.00 e. The van der Waals surface area contributed by atoms with Gasteiger partial charge < -0.3 is 24.8 Å². The topological polar surface area (TPSA) is 0 Å². The first kappa shape index (κ1) is 28.2. The molecule has 1 aliphatic carbocycles. The Hall–Kier alpha value is -1.36. The van der Waals surface area contributed by atoms with Gasteiger partial charge in [-0.2, -0.15) is 5.56 Å². The molecule has 35 heavy (non-hydrogen) atoms. The van der Waals surface area contributed by atoms with E-state index in [0.29, 0.717) is 5.92 Å². The molecule has 0 saturated heterocycles. The van der Waals surface area contributed by atoms with Crippen LogP contribution in [0.2, 0.25) is 0 Å². The molecule has 0 nitrogen and oxygen atoms in total. The quantitative estimate of drug-likeness (QED) is 0.183. The Morgan fingerprint density at radius 1 is 0.771 bits per heavy atom. The van der Waals surface area contributed by atoms with Crippen LogP contribution in [0, 0.1) is 9.65 Å². The number of allylic oxidation sites excluding steroid dienone is 1. The Labute approximate surface area is 254 Å². The summed E-state index contributed by atoms with van der Waals surface area (Å²) in [4.78, 5) is 0. The van der Waals surface area contributed by atoms with E-state index in [1.807, 2.05) is 11.3 Å². The summed E-state index contributed by atoms with van der Waals surface area (Å²) in [5.74, 6) is 0.310. The first-order valence-corrected chi connectivity index (χ1v) is 12.6. The molecule has 1 aliphatic rings. The molecule has 0 radical (unpaired) electrons. The molecule has 0 spiro atoms. The summed E-state index contributed by atoms with van der Waals surface area (Å²) in [5.41, 5.74) is 4.02. The van der Waals surface area contributed by atoms with Crippen LogP contribution < -0.4 is 24.8 Å². The first-order chi connectivity index (χ1) is 15.8. The molecule has 0 saturated carbocycles. The molecule has 0 fully saturated rings. The van der Waals surface area contributed by atoms with Gasteiger partial charge in [0.1, 0.15) is 0 Å². The molecular formula is C30H19Cl2ISZr. The third-order valence-electron chi connectivity index (χ3n) is 6.04. The molecular weight excluding hydrogens is 681 g/mol. The average molecular weight is 701 g/mol. The first-order valence-electron chi connectivity index (χ1n) is 10.7. The summed E-state index contributed by atoms with van der Waals surface area (Å²) in [6.07, 6.45) is 5.56. The molecule has 0 aliphatic heterocycles. The molecule has 170 valence electrons. The molecule has 0 N–H and O–H groups in total. The van der Waals surface area contributed by atoms with Gasteiger partial charge in [-0.15, -0.1) is 51.9 Å². The van der Waals surface area contributed by atoms with Crippen LogP contribution in [0.25, 0.3) is 37.0 Å². The van der Waals surface area contributed by atoms with Crippen molar-refractivity contribution in [2.24, 2.45) is 0 Å². The van der Waals surface area contributed by atoms with Crippen LogP contribution in [0.15, 0.2) is 103 Å². The molecule has 4 bridgehead atoms. The third kappa shape index (κ3) is 5.65. The van der Waals surface area contributed by atoms with E-state index in [9.17, 15) is 0 Å². The molecule has 2 aromatic heterocycles. The van der Waals surface area contributed by atoms with E-state index in [2.05, 4.69) is 138 Å². The van der Waals surface area contributed by atoms with E-state index in [4.69, 9.17) is 0 Å². The fourth-order valence-corrected chi connectivity index (χ4v) is 6.24. The van der Waals surface area contributed by atoms with Crippen molar-refractivity contribution in [3.8, 4) is 0 Å². The minimum absolute atomic E-state index is 0. The van der Waals surface area contributed by atoms with Gasteiger partial charge in [-0.1, -0.05) is 101 Å². The standard InChI is InChI=1S/C15H10I.C15H9S.2ClH.Zr/c16-14-8-4-7-12-9-10-13(15(12)14)11-5-2-1-3-6-11;1-2-11-8-12-9-14(11)15(3-1)16-13-6-4-10(12)5-7-13;;;/h1-9,13H;1-9H;2*1H;/q2*-1;;;+4/p-2. The molecule has 0 amide bonds. The number of halogens is 3. The summed E-state index contributed by atoms with van der Waals surface area (Å²) in [6, 6.07) is 36.9.